The summed E-state index contributed by atoms with van der Waals surface area (Å²) in [5.74, 6) is -0.196. The number of amides is 1. The van der Waals surface area contributed by atoms with E-state index in [-0.39, 0.29) is 19.1 Å². The van der Waals surface area contributed by atoms with Crippen LogP contribution >= 0.6 is 7.82 Å². The summed E-state index contributed by atoms with van der Waals surface area (Å²) < 4.78 is 23.1. The first-order valence-electron chi connectivity index (χ1n) is 21.1. The van der Waals surface area contributed by atoms with Crippen molar-refractivity contribution in [2.45, 2.75) is 206 Å². The standard InChI is InChI=1S/C41H83N2O6P/c1-6-8-10-12-14-16-18-20-21-23-25-27-29-31-33-35-41(45)42-39(38-49-50(46,47)48-37-36-43(3,4)5)40(44)34-32-30-28-26-24-22-19-17-15-13-11-9-7-2/h32,34,39-40,44H,6-31,33,35-38H2,1-5H3,(H-,42,45,46,47)/t39-,40+/m1/s1. The molecule has 0 radical (unpaired) electrons. The lowest BCUT2D eigenvalue weighted by molar-refractivity contribution is -0.870. The van der Waals surface area contributed by atoms with Crippen LogP contribution in [-0.2, 0) is 18.4 Å². The van der Waals surface area contributed by atoms with Gasteiger partial charge in [0.05, 0.1) is 39.9 Å². The molecule has 1 unspecified atom stereocenters. The summed E-state index contributed by atoms with van der Waals surface area (Å²) in [6, 6.07) is -0.878. The molecule has 0 aromatic rings. The number of carbonyl (C=O) groups excluding carboxylic acids is 1. The van der Waals surface area contributed by atoms with Crippen molar-refractivity contribution >= 4 is 13.7 Å². The summed E-state index contributed by atoms with van der Waals surface area (Å²) in [5.41, 5.74) is 0. The Hall–Kier alpha value is -0.760. The molecule has 0 aliphatic rings. The lowest BCUT2D eigenvalue weighted by atomic mass is 10.0. The second-order valence-corrected chi connectivity index (χ2v) is 17.1. The van der Waals surface area contributed by atoms with E-state index in [0.717, 1.165) is 38.5 Å². The van der Waals surface area contributed by atoms with E-state index in [1.807, 2.05) is 27.2 Å². The molecule has 0 fully saturated rings. The topological polar surface area (TPSA) is 108 Å². The number of aliphatic hydroxyl groups excluding tert-OH is 1. The van der Waals surface area contributed by atoms with Crippen molar-refractivity contribution in [1.29, 1.82) is 0 Å². The van der Waals surface area contributed by atoms with E-state index in [0.29, 0.717) is 17.4 Å². The van der Waals surface area contributed by atoms with Gasteiger partial charge in [0.1, 0.15) is 13.2 Å². The SMILES string of the molecule is CCCCCCCCCCCCCC=C[C@H](O)[C@@H](COP(=O)([O-])OCC[N+](C)(C)C)NC(=O)CCCCCCCCCCCCCCCCC. The van der Waals surface area contributed by atoms with E-state index in [9.17, 15) is 19.4 Å². The first kappa shape index (κ1) is 49.2. The summed E-state index contributed by atoms with van der Waals surface area (Å²) in [7, 11) is 1.27. The van der Waals surface area contributed by atoms with E-state index in [4.69, 9.17) is 9.05 Å². The van der Waals surface area contributed by atoms with Crippen molar-refractivity contribution < 1.29 is 32.9 Å². The lowest BCUT2D eigenvalue weighted by Crippen LogP contribution is -2.45. The number of phosphoric acid groups is 1. The third kappa shape index (κ3) is 35.6. The maximum absolute atomic E-state index is 12.8. The van der Waals surface area contributed by atoms with Crippen LogP contribution in [0.5, 0.6) is 0 Å². The molecule has 1 amide bonds. The van der Waals surface area contributed by atoms with Crippen LogP contribution in [0.3, 0.4) is 0 Å². The fourth-order valence-corrected chi connectivity index (χ4v) is 6.82. The Balaban J connectivity index is 4.44. The Morgan fingerprint density at radius 2 is 1.08 bits per heavy atom. The molecule has 3 atom stereocenters. The first-order chi connectivity index (χ1) is 24.0. The molecular weight excluding hydrogens is 647 g/mol. The lowest BCUT2D eigenvalue weighted by Gasteiger charge is -2.29. The Morgan fingerprint density at radius 1 is 0.680 bits per heavy atom. The zero-order chi connectivity index (χ0) is 37.2. The van der Waals surface area contributed by atoms with Crippen LogP contribution in [0.15, 0.2) is 12.2 Å². The predicted molar refractivity (Wildman–Crippen MR) is 210 cm³/mol. The monoisotopic (exact) mass is 731 g/mol. The highest BCUT2D eigenvalue weighted by atomic mass is 31.2. The Kier molecular flexibility index (Phi) is 33.5. The van der Waals surface area contributed by atoms with E-state index >= 15 is 0 Å². The van der Waals surface area contributed by atoms with Gasteiger partial charge in [-0.2, -0.15) is 0 Å². The number of rotatable bonds is 38. The number of phosphoric ester groups is 1. The molecule has 0 saturated carbocycles. The molecule has 0 aliphatic carbocycles. The minimum atomic E-state index is -4.58. The highest BCUT2D eigenvalue weighted by molar-refractivity contribution is 7.45. The average molecular weight is 731 g/mol. The normalized spacial score (nSPS) is 14.6. The summed E-state index contributed by atoms with van der Waals surface area (Å²) in [4.78, 5) is 25.2. The number of carbonyl (C=O) groups is 1. The van der Waals surface area contributed by atoms with Gasteiger partial charge in [-0.15, -0.1) is 0 Å². The van der Waals surface area contributed by atoms with Crippen molar-refractivity contribution in [3.8, 4) is 0 Å². The van der Waals surface area contributed by atoms with Gasteiger partial charge >= 0.3 is 0 Å². The number of nitrogens with one attached hydrogen (secondary N) is 1. The number of likely N-dealkylation sites (N-methyl/N-ethyl adjacent to an activating group) is 1. The van der Waals surface area contributed by atoms with E-state index in [1.165, 1.54) is 135 Å². The highest BCUT2D eigenvalue weighted by Gasteiger charge is 2.23. The van der Waals surface area contributed by atoms with Crippen LogP contribution in [0.25, 0.3) is 0 Å². The molecule has 0 rings (SSSR count). The highest BCUT2D eigenvalue weighted by Crippen LogP contribution is 2.38. The minimum absolute atomic E-state index is 0.00190. The van der Waals surface area contributed by atoms with Crippen LogP contribution in [0, 0.1) is 0 Å². The molecular formula is C41H83N2O6P. The second kappa shape index (κ2) is 34.0. The number of nitrogens with zero attached hydrogens (tertiary/aromatic N) is 1. The molecule has 2 N–H and O–H groups in total. The molecule has 0 aliphatic heterocycles. The number of allylic oxidation sites excluding steroid dienone is 1. The Labute approximate surface area is 310 Å². The Morgan fingerprint density at radius 3 is 1.50 bits per heavy atom. The van der Waals surface area contributed by atoms with Crippen LogP contribution < -0.4 is 10.2 Å². The molecule has 0 heterocycles. The van der Waals surface area contributed by atoms with Gasteiger partial charge in [-0.25, -0.2) is 0 Å². The Bertz CT molecular complexity index is 834. The van der Waals surface area contributed by atoms with Crippen molar-refractivity contribution in [1.82, 2.24) is 5.32 Å². The van der Waals surface area contributed by atoms with Crippen LogP contribution in [-0.4, -0.2) is 68.5 Å². The van der Waals surface area contributed by atoms with Crippen LogP contribution in [0.1, 0.15) is 194 Å². The van der Waals surface area contributed by atoms with E-state index in [2.05, 4.69) is 19.2 Å². The van der Waals surface area contributed by atoms with Crippen LogP contribution in [0.4, 0.5) is 0 Å². The van der Waals surface area contributed by atoms with Gasteiger partial charge in [-0.3, -0.25) is 9.36 Å². The summed E-state index contributed by atoms with van der Waals surface area (Å²) in [6.07, 6.45) is 36.7. The molecule has 9 heteroatoms. The van der Waals surface area contributed by atoms with Gasteiger partial charge in [0.15, 0.2) is 0 Å². The molecule has 0 aromatic carbocycles. The zero-order valence-corrected chi connectivity index (χ0v) is 34.5. The fraction of sp³-hybridized carbons (Fsp3) is 0.927. The largest absolute Gasteiger partial charge is 0.756 e. The van der Waals surface area contributed by atoms with Crippen molar-refractivity contribution in [2.24, 2.45) is 0 Å². The van der Waals surface area contributed by atoms with Crippen molar-refractivity contribution in [3.05, 3.63) is 12.2 Å². The maximum atomic E-state index is 12.8. The molecule has 0 aromatic heterocycles. The maximum Gasteiger partial charge on any atom is 0.268 e. The quantitative estimate of drug-likeness (QED) is 0.0283. The van der Waals surface area contributed by atoms with E-state index in [1.54, 1.807) is 6.08 Å². The molecule has 298 valence electrons. The van der Waals surface area contributed by atoms with Gasteiger partial charge in [-0.1, -0.05) is 180 Å². The molecule has 8 nitrogen and oxygen atoms in total. The molecule has 0 spiro atoms. The molecule has 0 bridgehead atoms. The van der Waals surface area contributed by atoms with Gasteiger partial charge in [0, 0.05) is 6.42 Å². The third-order valence-corrected chi connectivity index (χ3v) is 10.5. The van der Waals surface area contributed by atoms with Crippen molar-refractivity contribution in [3.63, 3.8) is 0 Å². The zero-order valence-electron chi connectivity index (χ0n) is 33.6. The summed E-state index contributed by atoms with van der Waals surface area (Å²) in [5, 5.41) is 13.7. The van der Waals surface area contributed by atoms with Gasteiger partial charge < -0.3 is 28.8 Å². The number of hydrogen-bond acceptors (Lipinski definition) is 6. The number of quaternary nitrogens is 1. The number of unbranched alkanes of at least 4 members (excludes halogenated alkanes) is 25. The van der Waals surface area contributed by atoms with Gasteiger partial charge in [-0.05, 0) is 19.3 Å². The number of hydrogen-bond donors (Lipinski definition) is 2. The van der Waals surface area contributed by atoms with E-state index < -0.39 is 20.0 Å². The first-order valence-corrected chi connectivity index (χ1v) is 22.5. The second-order valence-electron chi connectivity index (χ2n) is 15.7. The summed E-state index contributed by atoms with van der Waals surface area (Å²) >= 11 is 0. The van der Waals surface area contributed by atoms with Gasteiger partial charge in [0.25, 0.3) is 7.82 Å². The molecule has 0 saturated heterocycles. The average Bonchev–Trinajstić information content (AvgIpc) is 3.06. The minimum Gasteiger partial charge on any atom is -0.756 e. The smallest absolute Gasteiger partial charge is 0.268 e. The summed E-state index contributed by atoms with van der Waals surface area (Å²) in [6.45, 7) is 4.64. The van der Waals surface area contributed by atoms with Gasteiger partial charge in [0.2, 0.25) is 5.91 Å². The predicted octanol–water partition coefficient (Wildman–Crippen LogP) is 10.6. The van der Waals surface area contributed by atoms with Crippen LogP contribution in [0.2, 0.25) is 0 Å². The third-order valence-electron chi connectivity index (χ3n) is 9.50. The number of aliphatic hydroxyl groups is 1. The molecule has 50 heavy (non-hydrogen) atoms. The fourth-order valence-electron chi connectivity index (χ4n) is 6.09. The van der Waals surface area contributed by atoms with Crippen molar-refractivity contribution in [2.75, 3.05) is 40.9 Å².